The van der Waals surface area contributed by atoms with E-state index in [-0.39, 0.29) is 6.42 Å². The number of rotatable bonds is 5. The Labute approximate surface area is 111 Å². The van der Waals surface area contributed by atoms with Gasteiger partial charge in [0.15, 0.2) is 0 Å². The molecule has 0 saturated carbocycles. The maximum absolute atomic E-state index is 11.7. The standard InChI is InChI=1S/C12H17N3O4/c1-12(2,6-10(16)17)15-11(18)14-8-4-5-9(19-3)13-7-8/h4-5,7H,6H2,1-3H3,(H,16,17)(H2,14,15,18). The molecule has 0 saturated heterocycles. The number of nitrogens with one attached hydrogen (secondary N) is 2. The van der Waals surface area contributed by atoms with Gasteiger partial charge in [0.1, 0.15) is 0 Å². The number of aromatic nitrogens is 1. The summed E-state index contributed by atoms with van der Waals surface area (Å²) in [5, 5.41) is 13.9. The van der Waals surface area contributed by atoms with Crippen LogP contribution in [0.5, 0.6) is 5.88 Å². The first kappa shape index (κ1) is 14.7. The van der Waals surface area contributed by atoms with E-state index in [0.29, 0.717) is 11.6 Å². The van der Waals surface area contributed by atoms with Crippen LogP contribution >= 0.6 is 0 Å². The van der Waals surface area contributed by atoms with Gasteiger partial charge < -0.3 is 20.5 Å². The number of nitrogens with zero attached hydrogens (tertiary/aromatic N) is 1. The van der Waals surface area contributed by atoms with Gasteiger partial charge in [-0.1, -0.05) is 0 Å². The maximum atomic E-state index is 11.7. The van der Waals surface area contributed by atoms with Crippen LogP contribution in [0.1, 0.15) is 20.3 Å². The van der Waals surface area contributed by atoms with E-state index >= 15 is 0 Å². The number of amides is 2. The number of carboxylic acids is 1. The highest BCUT2D eigenvalue weighted by molar-refractivity contribution is 5.89. The number of urea groups is 1. The molecule has 3 N–H and O–H groups in total. The Morgan fingerprint density at radius 1 is 1.42 bits per heavy atom. The molecule has 7 heteroatoms. The molecule has 0 aliphatic heterocycles. The van der Waals surface area contributed by atoms with Crippen LogP contribution in [-0.4, -0.2) is 34.7 Å². The molecule has 1 heterocycles. The molecule has 7 nitrogen and oxygen atoms in total. The van der Waals surface area contributed by atoms with Crippen LogP contribution in [0.15, 0.2) is 18.3 Å². The predicted octanol–water partition coefficient (Wildman–Crippen LogP) is 1.46. The fraction of sp³-hybridized carbons (Fsp3) is 0.417. The molecule has 0 aromatic carbocycles. The van der Waals surface area contributed by atoms with Crippen molar-refractivity contribution in [3.63, 3.8) is 0 Å². The first-order valence-corrected chi connectivity index (χ1v) is 5.63. The van der Waals surface area contributed by atoms with Crippen molar-refractivity contribution < 1.29 is 19.4 Å². The number of carboxylic acid groups (broad SMARTS) is 1. The van der Waals surface area contributed by atoms with Gasteiger partial charge in [0.2, 0.25) is 5.88 Å². The van der Waals surface area contributed by atoms with Crippen molar-refractivity contribution >= 4 is 17.7 Å². The van der Waals surface area contributed by atoms with Crippen LogP contribution in [0.3, 0.4) is 0 Å². The van der Waals surface area contributed by atoms with E-state index in [1.54, 1.807) is 26.0 Å². The molecule has 0 bridgehead atoms. The molecule has 1 aromatic heterocycles. The highest BCUT2D eigenvalue weighted by Gasteiger charge is 2.23. The molecule has 2 amide bonds. The zero-order valence-electron chi connectivity index (χ0n) is 11.1. The van der Waals surface area contributed by atoms with Crippen molar-refractivity contribution in [1.82, 2.24) is 10.3 Å². The van der Waals surface area contributed by atoms with Gasteiger partial charge in [-0.2, -0.15) is 0 Å². The van der Waals surface area contributed by atoms with Crippen molar-refractivity contribution in [2.45, 2.75) is 25.8 Å². The summed E-state index contributed by atoms with van der Waals surface area (Å²) in [7, 11) is 1.50. The second-order valence-corrected chi connectivity index (χ2v) is 4.62. The number of anilines is 1. The average Bonchev–Trinajstić information content (AvgIpc) is 2.27. The third-order valence-electron chi connectivity index (χ3n) is 2.25. The fourth-order valence-corrected chi connectivity index (χ4v) is 1.47. The van der Waals surface area contributed by atoms with Crippen molar-refractivity contribution in [1.29, 1.82) is 0 Å². The minimum absolute atomic E-state index is 0.165. The van der Waals surface area contributed by atoms with Crippen molar-refractivity contribution in [2.24, 2.45) is 0 Å². The second kappa shape index (κ2) is 6.03. The summed E-state index contributed by atoms with van der Waals surface area (Å²) >= 11 is 0. The molecular formula is C12H17N3O4. The minimum atomic E-state index is -0.976. The van der Waals surface area contributed by atoms with Crippen LogP contribution in [0.25, 0.3) is 0 Å². The first-order chi connectivity index (χ1) is 8.82. The Bertz CT molecular complexity index is 457. The van der Waals surface area contributed by atoms with Gasteiger partial charge in [-0.25, -0.2) is 9.78 Å². The number of ether oxygens (including phenoxy) is 1. The van der Waals surface area contributed by atoms with E-state index in [1.807, 2.05) is 0 Å². The number of aliphatic carboxylic acids is 1. The molecule has 0 aliphatic rings. The van der Waals surface area contributed by atoms with Crippen molar-refractivity contribution in [2.75, 3.05) is 12.4 Å². The van der Waals surface area contributed by atoms with E-state index in [9.17, 15) is 9.59 Å². The zero-order chi connectivity index (χ0) is 14.5. The summed E-state index contributed by atoms with van der Waals surface area (Å²) in [5.41, 5.74) is -0.347. The third kappa shape index (κ3) is 5.24. The number of methoxy groups -OCH3 is 1. The van der Waals surface area contributed by atoms with Crippen molar-refractivity contribution in [3.8, 4) is 5.88 Å². The fourth-order valence-electron chi connectivity index (χ4n) is 1.47. The van der Waals surface area contributed by atoms with Crippen LogP contribution in [-0.2, 0) is 4.79 Å². The second-order valence-electron chi connectivity index (χ2n) is 4.62. The number of hydrogen-bond donors (Lipinski definition) is 3. The van der Waals surface area contributed by atoms with Crippen LogP contribution in [0.4, 0.5) is 10.5 Å². The molecule has 19 heavy (non-hydrogen) atoms. The Morgan fingerprint density at radius 2 is 2.11 bits per heavy atom. The largest absolute Gasteiger partial charge is 0.481 e. The Balaban J connectivity index is 2.56. The Hall–Kier alpha value is -2.31. The van der Waals surface area contributed by atoms with Gasteiger partial charge in [0, 0.05) is 11.6 Å². The zero-order valence-corrected chi connectivity index (χ0v) is 11.1. The van der Waals surface area contributed by atoms with Crippen LogP contribution in [0, 0.1) is 0 Å². The normalized spacial score (nSPS) is 10.7. The summed E-state index contributed by atoms with van der Waals surface area (Å²) < 4.78 is 4.89. The highest BCUT2D eigenvalue weighted by atomic mass is 16.5. The molecule has 0 unspecified atom stereocenters. The summed E-state index contributed by atoms with van der Waals surface area (Å²) in [4.78, 5) is 26.3. The van der Waals surface area contributed by atoms with Gasteiger partial charge in [-0.3, -0.25) is 4.79 Å². The number of carbonyl (C=O) groups is 2. The molecule has 0 fully saturated rings. The molecule has 0 spiro atoms. The van der Waals surface area contributed by atoms with Gasteiger partial charge in [-0.05, 0) is 19.9 Å². The lowest BCUT2D eigenvalue weighted by Gasteiger charge is -2.24. The SMILES string of the molecule is COc1ccc(NC(=O)NC(C)(C)CC(=O)O)cn1. The third-order valence-corrected chi connectivity index (χ3v) is 2.25. The molecule has 0 atom stereocenters. The summed E-state index contributed by atoms with van der Waals surface area (Å²) in [5.74, 6) is -0.534. The summed E-state index contributed by atoms with van der Waals surface area (Å²) in [6.45, 7) is 3.26. The molecular weight excluding hydrogens is 250 g/mol. The Morgan fingerprint density at radius 3 is 2.58 bits per heavy atom. The molecule has 104 valence electrons. The smallest absolute Gasteiger partial charge is 0.319 e. The van der Waals surface area contributed by atoms with E-state index in [0.717, 1.165) is 0 Å². The highest BCUT2D eigenvalue weighted by Crippen LogP contribution is 2.12. The minimum Gasteiger partial charge on any atom is -0.481 e. The molecule has 1 aromatic rings. The van der Waals surface area contributed by atoms with Gasteiger partial charge in [0.25, 0.3) is 0 Å². The molecule has 0 aliphatic carbocycles. The van der Waals surface area contributed by atoms with Gasteiger partial charge >= 0.3 is 12.0 Å². The quantitative estimate of drug-likeness (QED) is 0.750. The molecule has 0 radical (unpaired) electrons. The lowest BCUT2D eigenvalue weighted by Crippen LogP contribution is -2.46. The lowest BCUT2D eigenvalue weighted by atomic mass is 10.0. The Kier molecular flexibility index (Phi) is 4.68. The van der Waals surface area contributed by atoms with E-state index in [4.69, 9.17) is 9.84 Å². The maximum Gasteiger partial charge on any atom is 0.319 e. The molecule has 1 rings (SSSR count). The number of carbonyl (C=O) groups excluding carboxylic acids is 1. The average molecular weight is 267 g/mol. The predicted molar refractivity (Wildman–Crippen MR) is 69.3 cm³/mol. The van der Waals surface area contributed by atoms with Gasteiger partial charge in [0.05, 0.1) is 25.4 Å². The van der Waals surface area contributed by atoms with E-state index < -0.39 is 17.5 Å². The van der Waals surface area contributed by atoms with E-state index in [2.05, 4.69) is 15.6 Å². The van der Waals surface area contributed by atoms with E-state index in [1.165, 1.54) is 13.3 Å². The first-order valence-electron chi connectivity index (χ1n) is 5.63. The van der Waals surface area contributed by atoms with Crippen LogP contribution < -0.4 is 15.4 Å². The number of hydrogen-bond acceptors (Lipinski definition) is 4. The number of pyridine rings is 1. The summed E-state index contributed by atoms with van der Waals surface area (Å²) in [6.07, 6.45) is 1.28. The van der Waals surface area contributed by atoms with Crippen LogP contribution in [0.2, 0.25) is 0 Å². The van der Waals surface area contributed by atoms with Gasteiger partial charge in [-0.15, -0.1) is 0 Å². The lowest BCUT2D eigenvalue weighted by molar-refractivity contribution is -0.138. The monoisotopic (exact) mass is 267 g/mol. The van der Waals surface area contributed by atoms with Crippen molar-refractivity contribution in [3.05, 3.63) is 18.3 Å². The summed E-state index contributed by atoms with van der Waals surface area (Å²) in [6, 6.07) is 2.76. The topological polar surface area (TPSA) is 101 Å².